The standard InChI is InChI=1S/C13H29N3/c1-13(2,10-14)11-16(4)9-12-6-5-7-15(3)8-12/h12H,5-11,14H2,1-4H3. The largest absolute Gasteiger partial charge is 0.330 e. The quantitative estimate of drug-likeness (QED) is 0.767. The van der Waals surface area contributed by atoms with Crippen molar-refractivity contribution in [2.75, 3.05) is 46.8 Å². The lowest BCUT2D eigenvalue weighted by Crippen LogP contribution is -2.42. The van der Waals surface area contributed by atoms with Crippen molar-refractivity contribution in [3.05, 3.63) is 0 Å². The van der Waals surface area contributed by atoms with Crippen LogP contribution in [-0.2, 0) is 0 Å². The first-order valence-electron chi connectivity index (χ1n) is 6.50. The van der Waals surface area contributed by atoms with E-state index in [1.807, 2.05) is 0 Å². The summed E-state index contributed by atoms with van der Waals surface area (Å²) in [5.74, 6) is 0.845. The van der Waals surface area contributed by atoms with Crippen LogP contribution in [0.2, 0.25) is 0 Å². The molecule has 96 valence electrons. The molecule has 16 heavy (non-hydrogen) atoms. The Morgan fingerprint density at radius 1 is 1.44 bits per heavy atom. The van der Waals surface area contributed by atoms with Crippen LogP contribution in [-0.4, -0.2) is 56.6 Å². The monoisotopic (exact) mass is 227 g/mol. The highest BCUT2D eigenvalue weighted by Crippen LogP contribution is 2.19. The Bertz CT molecular complexity index is 203. The van der Waals surface area contributed by atoms with Gasteiger partial charge < -0.3 is 15.5 Å². The summed E-state index contributed by atoms with van der Waals surface area (Å²) in [5, 5.41) is 0. The Morgan fingerprint density at radius 2 is 2.12 bits per heavy atom. The van der Waals surface area contributed by atoms with E-state index in [-0.39, 0.29) is 5.41 Å². The van der Waals surface area contributed by atoms with Gasteiger partial charge in [0.05, 0.1) is 0 Å². The third-order valence-electron chi connectivity index (χ3n) is 3.54. The van der Waals surface area contributed by atoms with Crippen LogP contribution in [0.4, 0.5) is 0 Å². The number of likely N-dealkylation sites (tertiary alicyclic amines) is 1. The highest BCUT2D eigenvalue weighted by Gasteiger charge is 2.22. The van der Waals surface area contributed by atoms with E-state index < -0.39 is 0 Å². The SMILES string of the molecule is CN1CCCC(CN(C)CC(C)(C)CN)C1. The molecular weight excluding hydrogens is 198 g/mol. The molecule has 0 aromatic carbocycles. The zero-order chi connectivity index (χ0) is 12.2. The predicted octanol–water partition coefficient (Wildman–Crippen LogP) is 1.24. The van der Waals surface area contributed by atoms with Gasteiger partial charge in [0, 0.05) is 19.6 Å². The van der Waals surface area contributed by atoms with Crippen molar-refractivity contribution in [2.24, 2.45) is 17.1 Å². The van der Waals surface area contributed by atoms with Crippen molar-refractivity contribution in [3.8, 4) is 0 Å². The van der Waals surface area contributed by atoms with Crippen LogP contribution in [0.15, 0.2) is 0 Å². The third kappa shape index (κ3) is 4.81. The van der Waals surface area contributed by atoms with E-state index >= 15 is 0 Å². The number of rotatable bonds is 5. The lowest BCUT2D eigenvalue weighted by molar-refractivity contribution is 0.140. The van der Waals surface area contributed by atoms with Crippen molar-refractivity contribution in [1.29, 1.82) is 0 Å². The van der Waals surface area contributed by atoms with Crippen molar-refractivity contribution in [3.63, 3.8) is 0 Å². The minimum absolute atomic E-state index is 0.245. The Balaban J connectivity index is 2.30. The molecule has 1 rings (SSSR count). The molecule has 0 aromatic rings. The van der Waals surface area contributed by atoms with Crippen LogP contribution >= 0.6 is 0 Å². The molecular formula is C13H29N3. The molecule has 1 aliphatic rings. The molecule has 0 amide bonds. The average molecular weight is 227 g/mol. The summed E-state index contributed by atoms with van der Waals surface area (Å²) < 4.78 is 0. The Hall–Kier alpha value is -0.120. The van der Waals surface area contributed by atoms with Crippen LogP contribution < -0.4 is 5.73 Å². The van der Waals surface area contributed by atoms with Crippen molar-refractivity contribution >= 4 is 0 Å². The number of piperidine rings is 1. The summed E-state index contributed by atoms with van der Waals surface area (Å²) in [7, 11) is 4.46. The smallest absolute Gasteiger partial charge is 0.00418 e. The first-order valence-corrected chi connectivity index (χ1v) is 6.50. The maximum Gasteiger partial charge on any atom is 0.00418 e. The summed E-state index contributed by atoms with van der Waals surface area (Å²) in [6.45, 7) is 10.1. The van der Waals surface area contributed by atoms with E-state index in [4.69, 9.17) is 5.73 Å². The first kappa shape index (κ1) is 13.9. The molecule has 0 spiro atoms. The van der Waals surface area contributed by atoms with E-state index in [1.165, 1.54) is 32.5 Å². The predicted molar refractivity (Wildman–Crippen MR) is 70.6 cm³/mol. The summed E-state index contributed by atoms with van der Waals surface area (Å²) in [6.07, 6.45) is 2.74. The highest BCUT2D eigenvalue weighted by molar-refractivity contribution is 4.77. The van der Waals surface area contributed by atoms with Gasteiger partial charge in [0.25, 0.3) is 0 Å². The second kappa shape index (κ2) is 5.99. The van der Waals surface area contributed by atoms with Crippen molar-refractivity contribution in [2.45, 2.75) is 26.7 Å². The molecule has 0 aliphatic carbocycles. The van der Waals surface area contributed by atoms with Crippen LogP contribution in [0.5, 0.6) is 0 Å². The maximum absolute atomic E-state index is 5.77. The Labute approximate surface area is 101 Å². The van der Waals surface area contributed by atoms with E-state index in [9.17, 15) is 0 Å². The molecule has 0 bridgehead atoms. The fraction of sp³-hybridized carbons (Fsp3) is 1.00. The zero-order valence-electron chi connectivity index (χ0n) is 11.5. The lowest BCUT2D eigenvalue weighted by Gasteiger charge is -2.35. The molecule has 1 heterocycles. The maximum atomic E-state index is 5.77. The van der Waals surface area contributed by atoms with Crippen LogP contribution in [0, 0.1) is 11.3 Å². The molecule has 0 aromatic heterocycles. The van der Waals surface area contributed by atoms with Gasteiger partial charge in [0.2, 0.25) is 0 Å². The van der Waals surface area contributed by atoms with Gasteiger partial charge >= 0.3 is 0 Å². The number of hydrogen-bond acceptors (Lipinski definition) is 3. The fourth-order valence-electron chi connectivity index (χ4n) is 2.72. The molecule has 3 heteroatoms. The van der Waals surface area contributed by atoms with E-state index in [2.05, 4.69) is 37.7 Å². The van der Waals surface area contributed by atoms with Gasteiger partial charge in [0.15, 0.2) is 0 Å². The molecule has 3 nitrogen and oxygen atoms in total. The van der Waals surface area contributed by atoms with Crippen molar-refractivity contribution < 1.29 is 0 Å². The minimum atomic E-state index is 0.245. The molecule has 2 N–H and O–H groups in total. The van der Waals surface area contributed by atoms with Gasteiger partial charge in [0.1, 0.15) is 0 Å². The average Bonchev–Trinajstić information content (AvgIpc) is 2.16. The van der Waals surface area contributed by atoms with E-state index in [0.717, 1.165) is 19.0 Å². The molecule has 1 unspecified atom stereocenters. The minimum Gasteiger partial charge on any atom is -0.330 e. The summed E-state index contributed by atoms with van der Waals surface area (Å²) in [4.78, 5) is 4.91. The number of nitrogens with two attached hydrogens (primary N) is 1. The topological polar surface area (TPSA) is 32.5 Å². The van der Waals surface area contributed by atoms with Crippen LogP contribution in [0.1, 0.15) is 26.7 Å². The molecule has 1 atom stereocenters. The fourth-order valence-corrected chi connectivity index (χ4v) is 2.72. The molecule has 1 aliphatic heterocycles. The number of nitrogens with zero attached hydrogens (tertiary/aromatic N) is 2. The Morgan fingerprint density at radius 3 is 2.69 bits per heavy atom. The molecule has 1 saturated heterocycles. The van der Waals surface area contributed by atoms with Gasteiger partial charge in [-0.25, -0.2) is 0 Å². The second-order valence-electron chi connectivity index (χ2n) is 6.34. The third-order valence-corrected chi connectivity index (χ3v) is 3.54. The number of hydrogen-bond donors (Lipinski definition) is 1. The van der Waals surface area contributed by atoms with Crippen LogP contribution in [0.3, 0.4) is 0 Å². The second-order valence-corrected chi connectivity index (χ2v) is 6.34. The summed E-state index contributed by atoms with van der Waals surface area (Å²) in [6, 6.07) is 0. The van der Waals surface area contributed by atoms with Crippen LogP contribution in [0.25, 0.3) is 0 Å². The van der Waals surface area contributed by atoms with Gasteiger partial charge in [-0.05, 0) is 51.4 Å². The summed E-state index contributed by atoms with van der Waals surface area (Å²) in [5.41, 5.74) is 6.02. The molecule has 0 saturated carbocycles. The molecule has 0 radical (unpaired) electrons. The van der Waals surface area contributed by atoms with Crippen molar-refractivity contribution in [1.82, 2.24) is 9.80 Å². The first-order chi connectivity index (χ1) is 7.43. The van der Waals surface area contributed by atoms with E-state index in [1.54, 1.807) is 0 Å². The molecule has 1 fully saturated rings. The van der Waals surface area contributed by atoms with Gasteiger partial charge in [-0.15, -0.1) is 0 Å². The lowest BCUT2D eigenvalue weighted by atomic mass is 9.92. The Kier molecular flexibility index (Phi) is 5.22. The van der Waals surface area contributed by atoms with Gasteiger partial charge in [-0.3, -0.25) is 0 Å². The highest BCUT2D eigenvalue weighted by atomic mass is 15.1. The summed E-state index contributed by atoms with van der Waals surface area (Å²) >= 11 is 0. The van der Waals surface area contributed by atoms with Gasteiger partial charge in [-0.1, -0.05) is 13.8 Å². The van der Waals surface area contributed by atoms with E-state index in [0.29, 0.717) is 0 Å². The normalized spacial score (nSPS) is 24.0. The zero-order valence-corrected chi connectivity index (χ0v) is 11.5. The van der Waals surface area contributed by atoms with Gasteiger partial charge in [-0.2, -0.15) is 0 Å².